The fourth-order valence-corrected chi connectivity index (χ4v) is 2.13. The summed E-state index contributed by atoms with van der Waals surface area (Å²) in [4.78, 5) is 3.99. The Morgan fingerprint density at radius 2 is 1.62 bits per heavy atom. The Morgan fingerprint density at radius 3 is 2.14 bits per heavy atom. The summed E-state index contributed by atoms with van der Waals surface area (Å²) in [7, 11) is 3.20. The van der Waals surface area contributed by atoms with Crippen molar-refractivity contribution in [1.29, 1.82) is 0 Å². The number of benzene rings is 1. The summed E-state index contributed by atoms with van der Waals surface area (Å²) in [5.74, 6) is 2.24. The Hall–Kier alpha value is -1.94. The molecule has 0 N–H and O–H groups in total. The van der Waals surface area contributed by atoms with Crippen LogP contribution >= 0.6 is 11.6 Å². The third-order valence-electron chi connectivity index (χ3n) is 3.06. The molecule has 0 bridgehead atoms. The minimum atomic E-state index is 0.393. The van der Waals surface area contributed by atoms with E-state index in [1.54, 1.807) is 26.6 Å². The van der Waals surface area contributed by atoms with Gasteiger partial charge in [0.1, 0.15) is 0 Å². The Bertz CT molecular complexity index is 550. The predicted molar refractivity (Wildman–Crippen MR) is 82.5 cm³/mol. The Morgan fingerprint density at radius 1 is 1.00 bits per heavy atom. The van der Waals surface area contributed by atoms with Gasteiger partial charge in [-0.25, -0.2) is 0 Å². The lowest BCUT2D eigenvalue weighted by Crippen LogP contribution is -2.04. The Kier molecular flexibility index (Phi) is 5.69. The summed E-state index contributed by atoms with van der Waals surface area (Å²) in [6.07, 6.45) is 4.32. The van der Waals surface area contributed by atoms with Gasteiger partial charge in [0.05, 0.1) is 20.8 Å². The fourth-order valence-electron chi connectivity index (χ4n) is 1.97. The van der Waals surface area contributed by atoms with E-state index in [9.17, 15) is 0 Å². The number of methoxy groups -OCH3 is 2. The highest BCUT2D eigenvalue weighted by Crippen LogP contribution is 2.39. The second-order valence-corrected chi connectivity index (χ2v) is 4.68. The van der Waals surface area contributed by atoms with Crippen LogP contribution in [-0.2, 0) is 12.3 Å². The maximum absolute atomic E-state index is 5.86. The normalized spacial score (nSPS) is 10.2. The molecule has 0 amide bonds. The number of nitrogens with zero attached hydrogens (tertiary/aromatic N) is 1. The van der Waals surface area contributed by atoms with Crippen molar-refractivity contribution in [1.82, 2.24) is 4.98 Å². The average Bonchev–Trinajstić information content (AvgIpc) is 2.55. The van der Waals surface area contributed by atoms with Gasteiger partial charge in [0.15, 0.2) is 11.5 Å². The van der Waals surface area contributed by atoms with Crippen molar-refractivity contribution in [3.05, 3.63) is 47.8 Å². The van der Waals surface area contributed by atoms with Gasteiger partial charge in [-0.2, -0.15) is 0 Å². The summed E-state index contributed by atoms with van der Waals surface area (Å²) in [6, 6.07) is 7.65. The number of aromatic nitrogens is 1. The topological polar surface area (TPSA) is 40.6 Å². The lowest BCUT2D eigenvalue weighted by atomic mass is 10.2. The third kappa shape index (κ3) is 4.02. The highest BCUT2D eigenvalue weighted by atomic mass is 35.5. The predicted octanol–water partition coefficient (Wildman–Crippen LogP) is 3.46. The van der Waals surface area contributed by atoms with Crippen LogP contribution in [0.2, 0.25) is 0 Å². The zero-order valence-corrected chi connectivity index (χ0v) is 12.9. The minimum Gasteiger partial charge on any atom is -0.493 e. The Balaban J connectivity index is 2.11. The molecule has 0 aliphatic rings. The molecule has 1 aromatic carbocycles. The smallest absolute Gasteiger partial charge is 0.203 e. The van der Waals surface area contributed by atoms with Gasteiger partial charge in [0.25, 0.3) is 0 Å². The van der Waals surface area contributed by atoms with E-state index in [-0.39, 0.29) is 0 Å². The van der Waals surface area contributed by atoms with Crippen molar-refractivity contribution in [3.8, 4) is 17.2 Å². The van der Waals surface area contributed by atoms with Crippen molar-refractivity contribution in [3.63, 3.8) is 0 Å². The largest absolute Gasteiger partial charge is 0.493 e. The van der Waals surface area contributed by atoms with Crippen molar-refractivity contribution >= 4 is 11.6 Å². The molecule has 0 aliphatic carbocycles. The van der Waals surface area contributed by atoms with E-state index in [0.29, 0.717) is 29.7 Å². The maximum Gasteiger partial charge on any atom is 0.203 e. The molecule has 0 radical (unpaired) electrons. The van der Waals surface area contributed by atoms with Crippen LogP contribution in [-0.4, -0.2) is 25.8 Å². The summed E-state index contributed by atoms with van der Waals surface area (Å²) < 4.78 is 16.6. The molecule has 2 rings (SSSR count). The molecule has 0 saturated heterocycles. The van der Waals surface area contributed by atoms with Gasteiger partial charge < -0.3 is 14.2 Å². The number of hydrogen-bond acceptors (Lipinski definition) is 4. The van der Waals surface area contributed by atoms with E-state index in [1.165, 1.54) is 5.56 Å². The lowest BCUT2D eigenvalue weighted by molar-refractivity contribution is 0.277. The highest BCUT2D eigenvalue weighted by Gasteiger charge is 2.14. The number of pyridine rings is 1. The van der Waals surface area contributed by atoms with E-state index < -0.39 is 0 Å². The SMILES string of the molecule is COc1cc(CCl)cc(OC)c1OCCc1ccncc1. The molecule has 0 unspecified atom stereocenters. The fraction of sp³-hybridized carbons (Fsp3) is 0.312. The lowest BCUT2D eigenvalue weighted by Gasteiger charge is -2.15. The number of ether oxygens (including phenoxy) is 3. The first-order chi connectivity index (χ1) is 10.3. The average molecular weight is 308 g/mol. The van der Waals surface area contributed by atoms with Crippen LogP contribution < -0.4 is 14.2 Å². The van der Waals surface area contributed by atoms with Gasteiger partial charge in [-0.15, -0.1) is 11.6 Å². The monoisotopic (exact) mass is 307 g/mol. The van der Waals surface area contributed by atoms with Gasteiger partial charge in [0.2, 0.25) is 5.75 Å². The molecule has 21 heavy (non-hydrogen) atoms. The summed E-state index contributed by atoms with van der Waals surface area (Å²) in [6.45, 7) is 0.525. The molecule has 112 valence electrons. The van der Waals surface area contributed by atoms with Crippen molar-refractivity contribution in [2.45, 2.75) is 12.3 Å². The number of hydrogen-bond donors (Lipinski definition) is 0. The van der Waals surface area contributed by atoms with E-state index in [4.69, 9.17) is 25.8 Å². The molecule has 0 aliphatic heterocycles. The second kappa shape index (κ2) is 7.74. The molecule has 0 spiro atoms. The van der Waals surface area contributed by atoms with Crippen LogP contribution in [0.25, 0.3) is 0 Å². The van der Waals surface area contributed by atoms with Gasteiger partial charge >= 0.3 is 0 Å². The van der Waals surface area contributed by atoms with Gasteiger partial charge in [-0.3, -0.25) is 4.98 Å². The summed E-state index contributed by atoms with van der Waals surface area (Å²) in [5.41, 5.74) is 2.09. The number of halogens is 1. The van der Waals surface area contributed by atoms with E-state index in [2.05, 4.69) is 4.98 Å². The van der Waals surface area contributed by atoms with Crippen molar-refractivity contribution in [2.24, 2.45) is 0 Å². The van der Waals surface area contributed by atoms with Gasteiger partial charge in [-0.1, -0.05) is 0 Å². The van der Waals surface area contributed by atoms with Crippen LogP contribution in [0.15, 0.2) is 36.7 Å². The van der Waals surface area contributed by atoms with Crippen molar-refractivity contribution < 1.29 is 14.2 Å². The molecule has 1 heterocycles. The zero-order valence-electron chi connectivity index (χ0n) is 12.1. The van der Waals surface area contributed by atoms with E-state index in [0.717, 1.165) is 12.0 Å². The quantitative estimate of drug-likeness (QED) is 0.735. The zero-order chi connectivity index (χ0) is 15.1. The van der Waals surface area contributed by atoms with Crippen LogP contribution in [0.4, 0.5) is 0 Å². The van der Waals surface area contributed by atoms with Crippen LogP contribution in [0.5, 0.6) is 17.2 Å². The van der Waals surface area contributed by atoms with Crippen LogP contribution in [0.3, 0.4) is 0 Å². The van der Waals surface area contributed by atoms with Gasteiger partial charge in [-0.05, 0) is 35.4 Å². The molecule has 0 saturated carbocycles. The number of alkyl halides is 1. The molecular weight excluding hydrogens is 290 g/mol. The van der Waals surface area contributed by atoms with Gasteiger partial charge in [0, 0.05) is 24.7 Å². The first-order valence-corrected chi connectivity index (χ1v) is 7.14. The van der Waals surface area contributed by atoms with E-state index in [1.807, 2.05) is 24.3 Å². The Labute approximate surface area is 129 Å². The molecule has 0 fully saturated rings. The number of rotatable bonds is 7. The van der Waals surface area contributed by atoms with Crippen molar-refractivity contribution in [2.75, 3.05) is 20.8 Å². The third-order valence-corrected chi connectivity index (χ3v) is 3.37. The molecule has 4 nitrogen and oxygen atoms in total. The van der Waals surface area contributed by atoms with E-state index >= 15 is 0 Å². The minimum absolute atomic E-state index is 0.393. The maximum atomic E-state index is 5.86. The summed E-state index contributed by atoms with van der Waals surface area (Å²) in [5, 5.41) is 0. The summed E-state index contributed by atoms with van der Waals surface area (Å²) >= 11 is 5.86. The molecule has 0 atom stereocenters. The highest BCUT2D eigenvalue weighted by molar-refractivity contribution is 6.17. The molecule has 1 aromatic heterocycles. The first kappa shape index (κ1) is 15.4. The van der Waals surface area contributed by atoms with Crippen LogP contribution in [0.1, 0.15) is 11.1 Å². The second-order valence-electron chi connectivity index (χ2n) is 4.42. The molecular formula is C16H18ClNO3. The first-order valence-electron chi connectivity index (χ1n) is 6.61. The molecule has 5 heteroatoms. The van der Waals surface area contributed by atoms with Crippen LogP contribution in [0, 0.1) is 0 Å². The molecule has 2 aromatic rings. The standard InChI is InChI=1S/C16H18ClNO3/c1-19-14-9-13(11-17)10-15(20-2)16(14)21-8-5-12-3-6-18-7-4-12/h3-4,6-7,9-10H,5,8,11H2,1-2H3.